The van der Waals surface area contributed by atoms with Gasteiger partial charge in [-0.25, -0.2) is 17.1 Å². The standard InChI is InChI=1S/C23H29FN2O4S/c1-17-3-8-22(18(2)15-17)30-14-11-25-23(27)20-9-12-26(13-10-20)31(28,29)16-19-4-6-21(24)7-5-19/h3-8,15,20H,9-14,16H2,1-2H3,(H,25,27). The van der Waals surface area contributed by atoms with E-state index in [0.29, 0.717) is 44.6 Å². The van der Waals surface area contributed by atoms with E-state index >= 15 is 0 Å². The van der Waals surface area contributed by atoms with E-state index in [1.54, 1.807) is 0 Å². The van der Waals surface area contributed by atoms with Crippen LogP contribution in [0, 0.1) is 25.6 Å². The minimum absolute atomic E-state index is 0.0696. The number of carbonyl (C=O) groups excluding carboxylic acids is 1. The number of ether oxygens (including phenoxy) is 1. The second-order valence-corrected chi connectivity index (χ2v) is 9.93. The molecule has 1 fully saturated rings. The van der Waals surface area contributed by atoms with Crippen molar-refractivity contribution in [3.05, 3.63) is 65.0 Å². The summed E-state index contributed by atoms with van der Waals surface area (Å²) >= 11 is 0. The molecule has 0 spiro atoms. The van der Waals surface area contributed by atoms with Gasteiger partial charge >= 0.3 is 0 Å². The van der Waals surface area contributed by atoms with Crippen molar-refractivity contribution in [2.45, 2.75) is 32.4 Å². The van der Waals surface area contributed by atoms with E-state index in [4.69, 9.17) is 4.74 Å². The summed E-state index contributed by atoms with van der Waals surface area (Å²) in [5, 5.41) is 2.88. The van der Waals surface area contributed by atoms with Crippen LogP contribution < -0.4 is 10.1 Å². The first-order chi connectivity index (χ1) is 14.7. The third kappa shape index (κ3) is 6.51. The van der Waals surface area contributed by atoms with E-state index in [0.717, 1.165) is 11.3 Å². The second kappa shape index (κ2) is 10.2. The summed E-state index contributed by atoms with van der Waals surface area (Å²) in [5.41, 5.74) is 2.77. The topological polar surface area (TPSA) is 75.7 Å². The van der Waals surface area contributed by atoms with E-state index in [-0.39, 0.29) is 17.6 Å². The van der Waals surface area contributed by atoms with Crippen molar-refractivity contribution in [2.24, 2.45) is 5.92 Å². The van der Waals surface area contributed by atoms with Gasteiger partial charge in [0.05, 0.1) is 12.3 Å². The van der Waals surface area contributed by atoms with Crippen LogP contribution in [-0.4, -0.2) is 44.9 Å². The summed E-state index contributed by atoms with van der Waals surface area (Å²) in [4.78, 5) is 12.4. The van der Waals surface area contributed by atoms with Gasteiger partial charge < -0.3 is 10.1 Å². The van der Waals surface area contributed by atoms with Crippen LogP contribution in [0.25, 0.3) is 0 Å². The van der Waals surface area contributed by atoms with Crippen LogP contribution in [-0.2, 0) is 20.6 Å². The van der Waals surface area contributed by atoms with Gasteiger partial charge in [-0.2, -0.15) is 0 Å². The molecule has 0 radical (unpaired) electrons. The van der Waals surface area contributed by atoms with Crippen LogP contribution in [0.2, 0.25) is 0 Å². The first-order valence-corrected chi connectivity index (χ1v) is 12.1. The molecule has 31 heavy (non-hydrogen) atoms. The number of hydrogen-bond acceptors (Lipinski definition) is 4. The van der Waals surface area contributed by atoms with Crippen LogP contribution in [0.1, 0.15) is 29.5 Å². The Hall–Kier alpha value is -2.45. The molecule has 1 saturated heterocycles. The first kappa shape index (κ1) is 23.2. The summed E-state index contributed by atoms with van der Waals surface area (Å²) < 4.78 is 45.4. The number of sulfonamides is 1. The molecule has 1 aliphatic heterocycles. The Labute approximate surface area is 183 Å². The van der Waals surface area contributed by atoms with Crippen LogP contribution in [0.4, 0.5) is 4.39 Å². The molecule has 168 valence electrons. The zero-order chi connectivity index (χ0) is 22.4. The fourth-order valence-electron chi connectivity index (χ4n) is 3.72. The zero-order valence-electron chi connectivity index (χ0n) is 17.9. The quantitative estimate of drug-likeness (QED) is 0.630. The van der Waals surface area contributed by atoms with Crippen LogP contribution in [0.15, 0.2) is 42.5 Å². The highest BCUT2D eigenvalue weighted by Crippen LogP contribution is 2.22. The Morgan fingerprint density at radius 2 is 1.81 bits per heavy atom. The van der Waals surface area contributed by atoms with Gasteiger partial charge in [0.25, 0.3) is 0 Å². The SMILES string of the molecule is Cc1ccc(OCCNC(=O)C2CCN(S(=O)(=O)Cc3ccc(F)cc3)CC2)c(C)c1. The van der Waals surface area contributed by atoms with E-state index in [9.17, 15) is 17.6 Å². The average molecular weight is 449 g/mol. The van der Waals surface area contributed by atoms with Crippen LogP contribution in [0.5, 0.6) is 5.75 Å². The van der Waals surface area contributed by atoms with E-state index in [1.165, 1.54) is 34.1 Å². The molecule has 1 N–H and O–H groups in total. The minimum Gasteiger partial charge on any atom is -0.491 e. The molecule has 0 unspecified atom stereocenters. The summed E-state index contributed by atoms with van der Waals surface area (Å²) in [5.74, 6) is -0.0370. The summed E-state index contributed by atoms with van der Waals surface area (Å²) in [6.07, 6.45) is 0.957. The molecule has 2 aromatic carbocycles. The summed E-state index contributed by atoms with van der Waals surface area (Å²) in [6, 6.07) is 11.4. The largest absolute Gasteiger partial charge is 0.491 e. The molecule has 0 aromatic heterocycles. The monoisotopic (exact) mass is 448 g/mol. The molecule has 3 rings (SSSR count). The Balaban J connectivity index is 1.41. The highest BCUT2D eigenvalue weighted by molar-refractivity contribution is 7.88. The first-order valence-electron chi connectivity index (χ1n) is 10.4. The lowest BCUT2D eigenvalue weighted by Gasteiger charge is -2.30. The molecule has 0 atom stereocenters. The smallest absolute Gasteiger partial charge is 0.223 e. The lowest BCUT2D eigenvalue weighted by atomic mass is 9.97. The number of amides is 1. The molecule has 8 heteroatoms. The maximum atomic E-state index is 13.0. The molecule has 2 aromatic rings. The maximum absolute atomic E-state index is 13.0. The summed E-state index contributed by atoms with van der Waals surface area (Å²) in [6.45, 7) is 5.40. The number of nitrogens with one attached hydrogen (secondary N) is 1. The van der Waals surface area contributed by atoms with Crippen molar-refractivity contribution in [1.29, 1.82) is 0 Å². The fourth-order valence-corrected chi connectivity index (χ4v) is 5.28. The molecule has 0 aliphatic carbocycles. The van der Waals surface area contributed by atoms with Crippen LogP contribution in [0.3, 0.4) is 0 Å². The number of rotatable bonds is 8. The normalized spacial score (nSPS) is 15.6. The molecule has 0 saturated carbocycles. The van der Waals surface area contributed by atoms with Gasteiger partial charge in [-0.1, -0.05) is 29.8 Å². The minimum atomic E-state index is -3.50. The van der Waals surface area contributed by atoms with E-state index in [1.807, 2.05) is 32.0 Å². The third-order valence-corrected chi connectivity index (χ3v) is 7.32. The van der Waals surface area contributed by atoms with Crippen molar-refractivity contribution in [3.63, 3.8) is 0 Å². The van der Waals surface area contributed by atoms with E-state index < -0.39 is 15.8 Å². The highest BCUT2D eigenvalue weighted by Gasteiger charge is 2.31. The van der Waals surface area contributed by atoms with Gasteiger partial charge in [-0.05, 0) is 56.0 Å². The molecule has 0 bridgehead atoms. The average Bonchev–Trinajstić information content (AvgIpc) is 2.74. The summed E-state index contributed by atoms with van der Waals surface area (Å²) in [7, 11) is -3.50. The predicted octanol–water partition coefficient (Wildman–Crippen LogP) is 3.18. The van der Waals surface area contributed by atoms with Crippen molar-refractivity contribution in [3.8, 4) is 5.75 Å². The Morgan fingerprint density at radius 1 is 1.13 bits per heavy atom. The van der Waals surface area contributed by atoms with Gasteiger partial charge in [-0.15, -0.1) is 0 Å². The number of benzene rings is 2. The molecule has 1 aliphatic rings. The zero-order valence-corrected chi connectivity index (χ0v) is 18.8. The van der Waals surface area contributed by atoms with Gasteiger partial charge in [0.2, 0.25) is 15.9 Å². The Bertz CT molecular complexity index is 1000. The van der Waals surface area contributed by atoms with Crippen molar-refractivity contribution in [2.75, 3.05) is 26.2 Å². The molecular formula is C23H29FN2O4S. The number of aryl methyl sites for hydroxylation is 2. The second-order valence-electron chi connectivity index (χ2n) is 7.96. The van der Waals surface area contributed by atoms with Crippen LogP contribution >= 0.6 is 0 Å². The predicted molar refractivity (Wildman–Crippen MR) is 118 cm³/mol. The maximum Gasteiger partial charge on any atom is 0.223 e. The molecule has 6 nitrogen and oxygen atoms in total. The van der Waals surface area contributed by atoms with Gasteiger partial charge in [-0.3, -0.25) is 4.79 Å². The number of carbonyl (C=O) groups is 1. The van der Waals surface area contributed by atoms with Crippen molar-refractivity contribution in [1.82, 2.24) is 9.62 Å². The molecule has 1 amide bonds. The molecule has 1 heterocycles. The number of hydrogen-bond donors (Lipinski definition) is 1. The highest BCUT2D eigenvalue weighted by atomic mass is 32.2. The fraction of sp³-hybridized carbons (Fsp3) is 0.435. The molecular weight excluding hydrogens is 419 g/mol. The van der Waals surface area contributed by atoms with Gasteiger partial charge in [0.1, 0.15) is 18.2 Å². The number of nitrogens with zero attached hydrogens (tertiary/aromatic N) is 1. The van der Waals surface area contributed by atoms with Gasteiger partial charge in [0.15, 0.2) is 0 Å². The van der Waals surface area contributed by atoms with Gasteiger partial charge in [0, 0.05) is 19.0 Å². The lowest BCUT2D eigenvalue weighted by Crippen LogP contribution is -2.43. The van der Waals surface area contributed by atoms with Crippen molar-refractivity contribution >= 4 is 15.9 Å². The van der Waals surface area contributed by atoms with E-state index in [2.05, 4.69) is 5.32 Å². The Kier molecular flexibility index (Phi) is 7.67. The Morgan fingerprint density at radius 3 is 2.45 bits per heavy atom. The van der Waals surface area contributed by atoms with Crippen molar-refractivity contribution < 1.29 is 22.3 Å². The number of piperidine rings is 1. The lowest BCUT2D eigenvalue weighted by molar-refractivity contribution is -0.126. The number of halogens is 1. The third-order valence-electron chi connectivity index (χ3n) is 5.47.